The molecule has 8 heteroatoms. The summed E-state index contributed by atoms with van der Waals surface area (Å²) in [7, 11) is 1.19. The molecule has 2 saturated heterocycles. The topological polar surface area (TPSA) is 99.2 Å². The summed E-state index contributed by atoms with van der Waals surface area (Å²) in [6, 6.07) is 0. The van der Waals surface area contributed by atoms with Gasteiger partial charge in [-0.1, -0.05) is 12.2 Å². The number of methoxy groups -OCH3 is 1. The van der Waals surface area contributed by atoms with E-state index in [2.05, 4.69) is 4.74 Å². The third kappa shape index (κ3) is 2.65. The van der Waals surface area contributed by atoms with Crippen LogP contribution in [0.5, 0.6) is 0 Å². The molecular formula is C15H15NO7. The molecule has 3 unspecified atom stereocenters. The van der Waals surface area contributed by atoms with Crippen LogP contribution in [0.15, 0.2) is 24.3 Å². The van der Waals surface area contributed by atoms with Gasteiger partial charge in [0.1, 0.15) is 6.61 Å². The van der Waals surface area contributed by atoms with Gasteiger partial charge in [0.2, 0.25) is 11.8 Å². The van der Waals surface area contributed by atoms with Crippen LogP contribution < -0.4 is 0 Å². The highest BCUT2D eigenvalue weighted by Crippen LogP contribution is 2.44. The number of nitrogens with zero attached hydrogens (tertiary/aromatic N) is 1. The van der Waals surface area contributed by atoms with E-state index in [1.165, 1.54) is 7.11 Å². The predicted molar refractivity (Wildman–Crippen MR) is 73.6 cm³/mol. The van der Waals surface area contributed by atoms with Gasteiger partial charge in [0.15, 0.2) is 0 Å². The average molecular weight is 321 g/mol. The third-order valence-corrected chi connectivity index (χ3v) is 4.12. The number of carbonyl (C=O) groups excluding carboxylic acids is 4. The van der Waals surface area contributed by atoms with Crippen molar-refractivity contribution in [1.82, 2.24) is 4.90 Å². The van der Waals surface area contributed by atoms with Gasteiger partial charge < -0.3 is 14.2 Å². The quantitative estimate of drug-likeness (QED) is 0.283. The van der Waals surface area contributed by atoms with Crippen LogP contribution >= 0.6 is 0 Å². The predicted octanol–water partition coefficient (Wildman–Crippen LogP) is -0.803. The highest BCUT2D eigenvalue weighted by Gasteiger charge is 2.60. The van der Waals surface area contributed by atoms with Crippen LogP contribution in [-0.2, 0) is 33.4 Å². The molecule has 2 bridgehead atoms. The Hall–Kier alpha value is -2.48. The number of fused-ring (bicyclic) bond motifs is 5. The van der Waals surface area contributed by atoms with Crippen LogP contribution in [0.1, 0.15) is 0 Å². The molecule has 2 fully saturated rings. The lowest BCUT2D eigenvalue weighted by atomic mass is 9.85. The molecule has 8 nitrogen and oxygen atoms in total. The smallest absolute Gasteiger partial charge is 0.331 e. The molecule has 3 aliphatic rings. The maximum atomic E-state index is 12.3. The van der Waals surface area contributed by atoms with E-state index in [1.54, 1.807) is 12.2 Å². The van der Waals surface area contributed by atoms with Crippen LogP contribution in [0.25, 0.3) is 0 Å². The van der Waals surface area contributed by atoms with Crippen molar-refractivity contribution in [2.75, 3.05) is 20.3 Å². The summed E-state index contributed by atoms with van der Waals surface area (Å²) in [6.07, 6.45) is 4.79. The maximum Gasteiger partial charge on any atom is 0.331 e. The Bertz CT molecular complexity index is 593. The molecule has 0 aromatic heterocycles. The first-order valence-electron chi connectivity index (χ1n) is 7.14. The molecule has 3 aliphatic heterocycles. The summed E-state index contributed by atoms with van der Waals surface area (Å²) >= 11 is 0. The minimum atomic E-state index is -0.750. The van der Waals surface area contributed by atoms with Gasteiger partial charge >= 0.3 is 11.9 Å². The van der Waals surface area contributed by atoms with Crippen molar-refractivity contribution in [2.45, 2.75) is 12.2 Å². The van der Waals surface area contributed by atoms with Crippen LogP contribution in [-0.4, -0.2) is 61.1 Å². The van der Waals surface area contributed by atoms with Gasteiger partial charge in [-0.25, -0.2) is 9.59 Å². The molecule has 0 spiro atoms. The number of imide groups is 1. The largest absolute Gasteiger partial charge is 0.466 e. The number of rotatable bonds is 5. The van der Waals surface area contributed by atoms with Gasteiger partial charge in [0, 0.05) is 12.2 Å². The third-order valence-electron chi connectivity index (χ3n) is 4.12. The Morgan fingerprint density at radius 3 is 2.26 bits per heavy atom. The molecule has 2 amide bonds. The number of hydrogen-bond donors (Lipinski definition) is 0. The highest BCUT2D eigenvalue weighted by molar-refractivity contribution is 6.06. The fraction of sp³-hybridized carbons (Fsp3) is 0.467. The second-order valence-electron chi connectivity index (χ2n) is 5.35. The van der Waals surface area contributed by atoms with Crippen LogP contribution in [0.3, 0.4) is 0 Å². The Morgan fingerprint density at radius 2 is 1.70 bits per heavy atom. The number of amides is 2. The monoisotopic (exact) mass is 321 g/mol. The lowest BCUT2D eigenvalue weighted by molar-refractivity contribution is -0.147. The average Bonchev–Trinajstić information content (AvgIpc) is 3.21. The van der Waals surface area contributed by atoms with E-state index in [4.69, 9.17) is 9.47 Å². The number of carbonyl (C=O) groups is 4. The lowest BCUT2D eigenvalue weighted by Gasteiger charge is -2.17. The molecule has 3 rings (SSSR count). The van der Waals surface area contributed by atoms with Crippen LogP contribution in [0.2, 0.25) is 0 Å². The molecule has 122 valence electrons. The van der Waals surface area contributed by atoms with Crippen LogP contribution in [0, 0.1) is 11.8 Å². The van der Waals surface area contributed by atoms with E-state index < -0.39 is 23.8 Å². The molecule has 0 aromatic rings. The highest BCUT2D eigenvalue weighted by atomic mass is 16.5. The van der Waals surface area contributed by atoms with E-state index in [0.29, 0.717) is 0 Å². The van der Waals surface area contributed by atoms with E-state index >= 15 is 0 Å². The summed E-state index contributed by atoms with van der Waals surface area (Å²) in [5.41, 5.74) is 0. The fourth-order valence-electron chi connectivity index (χ4n) is 3.08. The molecule has 0 aromatic carbocycles. The normalized spacial score (nSPS) is 31.1. The van der Waals surface area contributed by atoms with Crippen molar-refractivity contribution in [3.8, 4) is 0 Å². The number of likely N-dealkylation sites (tertiary alicyclic amines) is 1. The molecule has 0 saturated carbocycles. The van der Waals surface area contributed by atoms with Crippen LogP contribution in [0.4, 0.5) is 0 Å². The second kappa shape index (κ2) is 5.96. The van der Waals surface area contributed by atoms with E-state index in [-0.39, 0.29) is 37.2 Å². The first-order valence-corrected chi connectivity index (χ1v) is 7.14. The first-order chi connectivity index (χ1) is 11.0. The standard InChI is InChI=1S/C15H15NO7/c1-21-10(17)4-5-11(18)22-7-6-16-14(19)12-8-2-3-9(23-8)13(12)15(16)20/h2-5,8-9,12-13H,6-7H2,1H3/b5-4+/t8-,9?,12?,13?/m1/s1. The number of esters is 2. The SMILES string of the molecule is COC(=O)/C=C/C(=O)OCCN1C(=O)C2C3C=C[C@@H](O3)C2C1=O. The second-order valence-corrected chi connectivity index (χ2v) is 5.35. The maximum absolute atomic E-state index is 12.3. The first kappa shape index (κ1) is 15.4. The molecular weight excluding hydrogens is 306 g/mol. The lowest BCUT2D eigenvalue weighted by Crippen LogP contribution is -2.37. The van der Waals surface area contributed by atoms with Gasteiger partial charge in [-0.3, -0.25) is 14.5 Å². The molecule has 0 N–H and O–H groups in total. The zero-order valence-electron chi connectivity index (χ0n) is 12.3. The molecule has 0 radical (unpaired) electrons. The van der Waals surface area contributed by atoms with Gasteiger partial charge in [-0.2, -0.15) is 0 Å². The summed E-state index contributed by atoms with van der Waals surface area (Å²) in [4.78, 5) is 47.9. The van der Waals surface area contributed by atoms with Crippen molar-refractivity contribution in [1.29, 1.82) is 0 Å². The van der Waals surface area contributed by atoms with Gasteiger partial charge in [-0.15, -0.1) is 0 Å². The van der Waals surface area contributed by atoms with Crippen molar-refractivity contribution in [2.24, 2.45) is 11.8 Å². The molecule has 0 aliphatic carbocycles. The van der Waals surface area contributed by atoms with Crippen molar-refractivity contribution < 1.29 is 33.4 Å². The fourth-order valence-corrected chi connectivity index (χ4v) is 3.08. The Balaban J connectivity index is 1.51. The van der Waals surface area contributed by atoms with Crippen molar-refractivity contribution >= 4 is 23.8 Å². The molecule has 23 heavy (non-hydrogen) atoms. The molecule has 3 heterocycles. The van der Waals surface area contributed by atoms with Gasteiger partial charge in [0.05, 0.1) is 37.7 Å². The zero-order valence-corrected chi connectivity index (χ0v) is 12.3. The minimum Gasteiger partial charge on any atom is -0.466 e. The minimum absolute atomic E-state index is 0.0120. The van der Waals surface area contributed by atoms with Crippen molar-refractivity contribution in [3.63, 3.8) is 0 Å². The Kier molecular flexibility index (Phi) is 3.99. The van der Waals surface area contributed by atoms with E-state index in [1.807, 2.05) is 0 Å². The van der Waals surface area contributed by atoms with Gasteiger partial charge in [-0.05, 0) is 0 Å². The summed E-state index contributed by atoms with van der Waals surface area (Å²) < 4.78 is 14.7. The molecule has 4 atom stereocenters. The van der Waals surface area contributed by atoms with E-state index in [9.17, 15) is 19.2 Å². The summed E-state index contributed by atoms with van der Waals surface area (Å²) in [5, 5.41) is 0. The number of hydrogen-bond acceptors (Lipinski definition) is 7. The van der Waals surface area contributed by atoms with E-state index in [0.717, 1.165) is 17.1 Å². The Labute approximate surface area is 131 Å². The van der Waals surface area contributed by atoms with Crippen molar-refractivity contribution in [3.05, 3.63) is 24.3 Å². The summed E-state index contributed by atoms with van der Waals surface area (Å²) in [5.74, 6) is -2.95. The Morgan fingerprint density at radius 1 is 1.13 bits per heavy atom. The summed E-state index contributed by atoms with van der Waals surface area (Å²) in [6.45, 7) is -0.146. The van der Waals surface area contributed by atoms with Gasteiger partial charge in [0.25, 0.3) is 0 Å². The zero-order chi connectivity index (χ0) is 16.6. The number of ether oxygens (including phenoxy) is 3.